The maximum Gasteiger partial charge on any atom is 0.0408 e. The molecule has 2 aromatic rings. The molecule has 0 amide bonds. The van der Waals surface area contributed by atoms with Crippen molar-refractivity contribution in [3.8, 4) is 0 Å². The molecule has 0 heterocycles. The van der Waals surface area contributed by atoms with E-state index in [1.165, 1.54) is 17.5 Å². The molecule has 0 aliphatic heterocycles. The summed E-state index contributed by atoms with van der Waals surface area (Å²) in [5.74, 6) is 0. The molecule has 0 radical (unpaired) electrons. The first kappa shape index (κ1) is 20.3. The minimum atomic E-state index is 0.847. The van der Waals surface area contributed by atoms with Crippen LogP contribution in [0.15, 0.2) is 85.6 Å². The molecule has 0 aromatic heterocycles. The summed E-state index contributed by atoms with van der Waals surface area (Å²) in [5.41, 5.74) is 11.1. The van der Waals surface area contributed by atoms with Crippen LogP contribution in [-0.4, -0.2) is 7.05 Å². The summed E-state index contributed by atoms with van der Waals surface area (Å²) in [6.07, 6.45) is 7.91. The number of likely N-dealkylation sites (N-methyl/N-ethyl adjacent to an activating group) is 1. The predicted molar refractivity (Wildman–Crippen MR) is 113 cm³/mol. The van der Waals surface area contributed by atoms with Crippen molar-refractivity contribution >= 4 is 11.4 Å². The number of allylic oxidation sites excluding steroid dienone is 3. The quantitative estimate of drug-likeness (QED) is 0.526. The molecule has 2 N–H and O–H groups in total. The van der Waals surface area contributed by atoms with E-state index in [4.69, 9.17) is 5.73 Å². The van der Waals surface area contributed by atoms with Gasteiger partial charge in [-0.3, -0.25) is 0 Å². The molecular weight excluding hydrogens is 304 g/mol. The Morgan fingerprint density at radius 2 is 1.68 bits per heavy atom. The average molecular weight is 335 g/mol. The summed E-state index contributed by atoms with van der Waals surface area (Å²) < 4.78 is 0. The van der Waals surface area contributed by atoms with Crippen molar-refractivity contribution in [2.24, 2.45) is 0 Å². The minimum Gasteiger partial charge on any atom is -0.399 e. The van der Waals surface area contributed by atoms with Crippen LogP contribution in [-0.2, 0) is 6.42 Å². The summed E-state index contributed by atoms with van der Waals surface area (Å²) in [4.78, 5) is 2.04. The average Bonchev–Trinajstić information content (AvgIpc) is 2.62. The van der Waals surface area contributed by atoms with Gasteiger partial charge in [-0.1, -0.05) is 68.5 Å². The van der Waals surface area contributed by atoms with E-state index in [-0.39, 0.29) is 0 Å². The Hall–Kier alpha value is -2.74. The smallest absolute Gasteiger partial charge is 0.0408 e. The number of nitrogens with two attached hydrogens (primary N) is 1. The van der Waals surface area contributed by atoms with Crippen molar-refractivity contribution in [3.63, 3.8) is 0 Å². The summed E-state index contributed by atoms with van der Waals surface area (Å²) in [5, 5.41) is 0. The fourth-order valence-corrected chi connectivity index (χ4v) is 2.20. The second-order valence-electron chi connectivity index (χ2n) is 5.97. The number of benzene rings is 2. The Morgan fingerprint density at radius 1 is 1.08 bits per heavy atom. The van der Waals surface area contributed by atoms with Crippen molar-refractivity contribution < 1.29 is 0 Å². The zero-order valence-corrected chi connectivity index (χ0v) is 15.7. The Kier molecular flexibility index (Phi) is 8.87. The summed E-state index contributed by atoms with van der Waals surface area (Å²) in [6.45, 7) is 11.9. The van der Waals surface area contributed by atoms with Crippen LogP contribution in [0, 0.1) is 6.92 Å². The molecule has 0 unspecified atom stereocenters. The SMILES string of the molecule is C=C/C=C\C(=C)N(C)c1ccc(C)cc1.CCCc1ccc(N)cc1. The third-order valence-electron chi connectivity index (χ3n) is 3.80. The Bertz CT molecular complexity index is 679. The molecule has 0 atom stereocenters. The molecule has 0 fully saturated rings. The first-order valence-corrected chi connectivity index (χ1v) is 8.60. The number of nitrogen functional groups attached to an aromatic ring is 1. The number of nitrogens with zero attached hydrogens (tertiary/aromatic N) is 1. The van der Waals surface area contributed by atoms with E-state index in [1.54, 1.807) is 6.08 Å². The highest BCUT2D eigenvalue weighted by molar-refractivity contribution is 5.53. The molecule has 2 nitrogen and oxygen atoms in total. The lowest BCUT2D eigenvalue weighted by atomic mass is 10.1. The standard InChI is InChI=1S/C14H17N.C9H13N/c1-5-6-7-13(3)15(4)14-10-8-12(2)9-11-14;1-2-3-8-4-6-9(10)7-5-8/h5-11H,1,3H2,2,4H3;4-7H,2-3,10H2,1H3/b7-6-;. The van der Waals surface area contributed by atoms with Crippen molar-refractivity contribution in [2.75, 3.05) is 17.7 Å². The number of rotatable bonds is 6. The number of hydrogen-bond acceptors (Lipinski definition) is 2. The predicted octanol–water partition coefficient (Wildman–Crippen LogP) is 5.91. The second-order valence-corrected chi connectivity index (χ2v) is 5.97. The van der Waals surface area contributed by atoms with Gasteiger partial charge in [0.2, 0.25) is 0 Å². The van der Waals surface area contributed by atoms with Gasteiger partial charge in [0.25, 0.3) is 0 Å². The highest BCUT2D eigenvalue weighted by Gasteiger charge is 2.00. The molecule has 0 bridgehead atoms. The Balaban J connectivity index is 0.000000271. The minimum absolute atomic E-state index is 0.847. The topological polar surface area (TPSA) is 29.3 Å². The lowest BCUT2D eigenvalue weighted by Crippen LogP contribution is -2.13. The maximum atomic E-state index is 5.52. The van der Waals surface area contributed by atoms with Crippen LogP contribution in [0.25, 0.3) is 0 Å². The molecule has 25 heavy (non-hydrogen) atoms. The van der Waals surface area contributed by atoms with E-state index in [1.807, 2.05) is 36.2 Å². The van der Waals surface area contributed by atoms with Crippen LogP contribution in [0.2, 0.25) is 0 Å². The van der Waals surface area contributed by atoms with Crippen molar-refractivity contribution in [1.82, 2.24) is 0 Å². The van der Waals surface area contributed by atoms with Gasteiger partial charge in [-0.05, 0) is 49.2 Å². The normalized spacial score (nSPS) is 10.0. The van der Waals surface area contributed by atoms with Crippen LogP contribution in [0.4, 0.5) is 11.4 Å². The lowest BCUT2D eigenvalue weighted by molar-refractivity contribution is 0.922. The van der Waals surface area contributed by atoms with E-state index in [0.717, 1.165) is 23.5 Å². The summed E-state index contributed by atoms with van der Waals surface area (Å²) in [7, 11) is 2.00. The zero-order valence-electron chi connectivity index (χ0n) is 15.7. The van der Waals surface area contributed by atoms with E-state index in [0.29, 0.717) is 0 Å². The number of hydrogen-bond donors (Lipinski definition) is 1. The van der Waals surface area contributed by atoms with Gasteiger partial charge in [0.05, 0.1) is 0 Å². The van der Waals surface area contributed by atoms with Crippen molar-refractivity contribution in [3.05, 3.63) is 96.7 Å². The first-order valence-electron chi connectivity index (χ1n) is 8.60. The molecule has 0 aliphatic rings. The van der Waals surface area contributed by atoms with Gasteiger partial charge < -0.3 is 10.6 Å². The Morgan fingerprint density at radius 3 is 2.20 bits per heavy atom. The molecule has 132 valence electrons. The van der Waals surface area contributed by atoms with Crippen LogP contribution >= 0.6 is 0 Å². The van der Waals surface area contributed by atoms with Crippen LogP contribution in [0.3, 0.4) is 0 Å². The van der Waals surface area contributed by atoms with Crippen LogP contribution in [0.1, 0.15) is 24.5 Å². The number of anilines is 2. The van der Waals surface area contributed by atoms with E-state index in [2.05, 4.69) is 63.4 Å². The van der Waals surface area contributed by atoms with Crippen LogP contribution < -0.4 is 10.6 Å². The summed E-state index contributed by atoms with van der Waals surface area (Å²) in [6, 6.07) is 16.4. The monoisotopic (exact) mass is 334 g/mol. The van der Waals surface area contributed by atoms with Gasteiger partial charge in [-0.25, -0.2) is 0 Å². The molecular formula is C23H30N2. The lowest BCUT2D eigenvalue weighted by Gasteiger charge is -2.19. The Labute approximate surface area is 153 Å². The van der Waals surface area contributed by atoms with E-state index >= 15 is 0 Å². The van der Waals surface area contributed by atoms with Crippen LogP contribution in [0.5, 0.6) is 0 Å². The third-order valence-corrected chi connectivity index (χ3v) is 3.80. The van der Waals surface area contributed by atoms with E-state index < -0.39 is 0 Å². The van der Waals surface area contributed by atoms with Gasteiger partial charge in [0.1, 0.15) is 0 Å². The number of aryl methyl sites for hydroxylation is 2. The molecule has 2 aromatic carbocycles. The highest BCUT2D eigenvalue weighted by atomic mass is 15.1. The van der Waals surface area contributed by atoms with Crippen molar-refractivity contribution in [2.45, 2.75) is 26.7 Å². The molecule has 0 saturated carbocycles. The largest absolute Gasteiger partial charge is 0.399 e. The van der Waals surface area contributed by atoms with E-state index in [9.17, 15) is 0 Å². The fourth-order valence-electron chi connectivity index (χ4n) is 2.20. The molecule has 0 spiro atoms. The second kappa shape index (κ2) is 10.9. The maximum absolute atomic E-state index is 5.52. The fraction of sp³-hybridized carbons (Fsp3) is 0.217. The molecule has 2 heteroatoms. The molecule has 2 rings (SSSR count). The summed E-state index contributed by atoms with van der Waals surface area (Å²) >= 11 is 0. The van der Waals surface area contributed by atoms with Gasteiger partial charge in [0, 0.05) is 24.1 Å². The van der Waals surface area contributed by atoms with Gasteiger partial charge in [-0.15, -0.1) is 0 Å². The molecule has 0 saturated heterocycles. The van der Waals surface area contributed by atoms with Crippen molar-refractivity contribution in [1.29, 1.82) is 0 Å². The third kappa shape index (κ3) is 7.58. The highest BCUT2D eigenvalue weighted by Crippen LogP contribution is 2.17. The first-order chi connectivity index (χ1) is 12.0. The van der Waals surface area contributed by atoms with Gasteiger partial charge in [0.15, 0.2) is 0 Å². The zero-order chi connectivity index (χ0) is 18.7. The molecule has 0 aliphatic carbocycles. The van der Waals surface area contributed by atoms with Gasteiger partial charge >= 0.3 is 0 Å². The van der Waals surface area contributed by atoms with Gasteiger partial charge in [-0.2, -0.15) is 0 Å².